The van der Waals surface area contributed by atoms with E-state index in [9.17, 15) is 9.59 Å². The van der Waals surface area contributed by atoms with E-state index in [0.29, 0.717) is 34.3 Å². The highest BCUT2D eigenvalue weighted by atomic mass is 35.5. The molecule has 0 spiro atoms. The van der Waals surface area contributed by atoms with Crippen LogP contribution in [-0.4, -0.2) is 29.0 Å². The van der Waals surface area contributed by atoms with Crippen LogP contribution in [0.15, 0.2) is 58.7 Å². The van der Waals surface area contributed by atoms with E-state index in [2.05, 4.69) is 34.6 Å². The quantitative estimate of drug-likeness (QED) is 0.404. The first kappa shape index (κ1) is 22.6. The van der Waals surface area contributed by atoms with E-state index in [1.807, 2.05) is 41.5 Å². The molecule has 174 valence electrons. The summed E-state index contributed by atoms with van der Waals surface area (Å²) in [4.78, 5) is 35.5. The van der Waals surface area contributed by atoms with Crippen LogP contribution in [0.1, 0.15) is 24.0 Å². The molecule has 1 amide bonds. The van der Waals surface area contributed by atoms with Crippen LogP contribution < -0.4 is 15.8 Å². The van der Waals surface area contributed by atoms with Crippen molar-refractivity contribution >= 4 is 45.0 Å². The fourth-order valence-electron chi connectivity index (χ4n) is 4.36. The third-order valence-electron chi connectivity index (χ3n) is 6.28. The lowest BCUT2D eigenvalue weighted by molar-refractivity contribution is -0.125. The fraction of sp³-hybridized carbons (Fsp3) is 0.269. The Hall–Kier alpha value is -3.16. The van der Waals surface area contributed by atoms with Gasteiger partial charge in [-0.1, -0.05) is 59.6 Å². The lowest BCUT2D eigenvalue weighted by atomic mass is 9.97. The number of rotatable bonds is 5. The molecule has 2 aromatic heterocycles. The molecule has 34 heavy (non-hydrogen) atoms. The number of halogens is 1. The average molecular weight is 493 g/mol. The van der Waals surface area contributed by atoms with Crippen molar-refractivity contribution < 1.29 is 4.79 Å². The molecule has 0 saturated carbocycles. The van der Waals surface area contributed by atoms with Crippen LogP contribution in [-0.2, 0) is 11.3 Å². The fourth-order valence-corrected chi connectivity index (χ4v) is 5.47. The summed E-state index contributed by atoms with van der Waals surface area (Å²) < 4.78 is 0.616. The Kier molecular flexibility index (Phi) is 6.39. The number of anilines is 1. The van der Waals surface area contributed by atoms with E-state index in [1.165, 1.54) is 16.9 Å². The second-order valence-corrected chi connectivity index (χ2v) is 9.96. The van der Waals surface area contributed by atoms with Crippen molar-refractivity contribution in [3.8, 4) is 11.1 Å². The van der Waals surface area contributed by atoms with E-state index in [0.717, 1.165) is 36.1 Å². The highest BCUT2D eigenvalue weighted by Gasteiger charge is 2.27. The number of H-pyrrole nitrogens is 1. The highest BCUT2D eigenvalue weighted by Crippen LogP contribution is 2.32. The number of piperidine rings is 1. The predicted octanol–water partition coefficient (Wildman–Crippen LogP) is 5.15. The van der Waals surface area contributed by atoms with Crippen LogP contribution in [0.3, 0.4) is 0 Å². The largest absolute Gasteiger partial charge is 0.352 e. The van der Waals surface area contributed by atoms with Gasteiger partial charge in [0.25, 0.3) is 5.56 Å². The van der Waals surface area contributed by atoms with Crippen LogP contribution >= 0.6 is 22.9 Å². The SMILES string of the molecule is Cc1ccc(-c2csc3c(=O)[nH]c(N4CCCC(C(=O)NCc5ccccc5Cl)C4)nc23)cc1. The lowest BCUT2D eigenvalue weighted by Crippen LogP contribution is -2.44. The van der Waals surface area contributed by atoms with Gasteiger partial charge in [-0.05, 0) is 37.0 Å². The van der Waals surface area contributed by atoms with Crippen molar-refractivity contribution in [2.45, 2.75) is 26.3 Å². The van der Waals surface area contributed by atoms with Gasteiger partial charge < -0.3 is 10.2 Å². The van der Waals surface area contributed by atoms with Crippen molar-refractivity contribution in [2.24, 2.45) is 5.92 Å². The highest BCUT2D eigenvalue weighted by molar-refractivity contribution is 7.17. The molecular weight excluding hydrogens is 468 g/mol. The number of aromatic nitrogens is 2. The van der Waals surface area contributed by atoms with Crippen molar-refractivity contribution in [1.29, 1.82) is 0 Å². The van der Waals surface area contributed by atoms with Gasteiger partial charge in [-0.3, -0.25) is 14.6 Å². The number of benzene rings is 2. The summed E-state index contributed by atoms with van der Waals surface area (Å²) in [5, 5.41) is 5.64. The van der Waals surface area contributed by atoms with Gasteiger partial charge in [-0.2, -0.15) is 0 Å². The summed E-state index contributed by atoms with van der Waals surface area (Å²) in [6.07, 6.45) is 1.64. The van der Waals surface area contributed by atoms with Gasteiger partial charge in [-0.15, -0.1) is 11.3 Å². The van der Waals surface area contributed by atoms with Crippen molar-refractivity contribution in [1.82, 2.24) is 15.3 Å². The minimum absolute atomic E-state index is 0.0103. The Bertz CT molecular complexity index is 1400. The number of nitrogens with zero attached hydrogens (tertiary/aromatic N) is 2. The number of fused-ring (bicyclic) bond motifs is 1. The van der Waals surface area contributed by atoms with E-state index in [-0.39, 0.29) is 17.4 Å². The molecule has 6 nitrogen and oxygen atoms in total. The Labute approximate surface area is 206 Å². The van der Waals surface area contributed by atoms with Crippen LogP contribution in [0.4, 0.5) is 5.95 Å². The van der Waals surface area contributed by atoms with Gasteiger partial charge in [0.05, 0.1) is 11.4 Å². The molecule has 5 rings (SSSR count). The molecule has 1 fully saturated rings. The first-order valence-electron chi connectivity index (χ1n) is 11.3. The molecule has 1 unspecified atom stereocenters. The molecule has 0 bridgehead atoms. The van der Waals surface area contributed by atoms with Crippen molar-refractivity contribution in [2.75, 3.05) is 18.0 Å². The number of hydrogen-bond donors (Lipinski definition) is 2. The molecule has 1 aliphatic rings. The van der Waals surface area contributed by atoms with Crippen LogP contribution in [0, 0.1) is 12.8 Å². The normalized spacial score (nSPS) is 16.1. The Balaban J connectivity index is 1.36. The topological polar surface area (TPSA) is 78.1 Å². The van der Waals surface area contributed by atoms with Gasteiger partial charge in [0.1, 0.15) is 4.70 Å². The van der Waals surface area contributed by atoms with Crippen LogP contribution in [0.5, 0.6) is 0 Å². The molecule has 8 heteroatoms. The van der Waals surface area contributed by atoms with Gasteiger partial charge in [0, 0.05) is 35.6 Å². The molecular formula is C26H25ClN4O2S. The molecule has 1 atom stereocenters. The predicted molar refractivity (Wildman–Crippen MR) is 139 cm³/mol. The summed E-state index contributed by atoms with van der Waals surface area (Å²) in [5.74, 6) is 0.327. The first-order valence-corrected chi connectivity index (χ1v) is 12.6. The summed E-state index contributed by atoms with van der Waals surface area (Å²) in [5.41, 5.74) is 4.63. The zero-order valence-electron chi connectivity index (χ0n) is 18.8. The summed E-state index contributed by atoms with van der Waals surface area (Å²) in [6.45, 7) is 3.69. The molecule has 0 radical (unpaired) electrons. The van der Waals surface area contributed by atoms with Crippen molar-refractivity contribution in [3.63, 3.8) is 0 Å². The summed E-state index contributed by atoms with van der Waals surface area (Å²) in [7, 11) is 0. The molecule has 2 aromatic carbocycles. The number of aromatic amines is 1. The summed E-state index contributed by atoms with van der Waals surface area (Å²) in [6, 6.07) is 15.7. The maximum atomic E-state index is 12.9. The molecule has 2 N–H and O–H groups in total. The van der Waals surface area contributed by atoms with E-state index < -0.39 is 0 Å². The monoisotopic (exact) mass is 492 g/mol. The number of carbonyl (C=O) groups excluding carboxylic acids is 1. The first-order chi connectivity index (χ1) is 16.5. The average Bonchev–Trinajstić information content (AvgIpc) is 3.28. The second-order valence-electron chi connectivity index (χ2n) is 8.68. The second kappa shape index (κ2) is 9.60. The third-order valence-corrected chi connectivity index (χ3v) is 7.62. The zero-order chi connectivity index (χ0) is 23.7. The summed E-state index contributed by atoms with van der Waals surface area (Å²) >= 11 is 7.62. The van der Waals surface area contributed by atoms with Gasteiger partial charge in [0.2, 0.25) is 11.9 Å². The Morgan fingerprint density at radius 1 is 1.24 bits per heavy atom. The number of hydrogen-bond acceptors (Lipinski definition) is 5. The lowest BCUT2D eigenvalue weighted by Gasteiger charge is -2.32. The van der Waals surface area contributed by atoms with Crippen molar-refractivity contribution in [3.05, 3.63) is 80.4 Å². The minimum Gasteiger partial charge on any atom is -0.352 e. The number of amides is 1. The molecule has 3 heterocycles. The molecule has 4 aromatic rings. The van der Waals surface area contributed by atoms with Gasteiger partial charge in [0.15, 0.2) is 0 Å². The maximum absolute atomic E-state index is 12.9. The van der Waals surface area contributed by atoms with E-state index >= 15 is 0 Å². The zero-order valence-corrected chi connectivity index (χ0v) is 20.4. The Morgan fingerprint density at radius 2 is 2.03 bits per heavy atom. The third kappa shape index (κ3) is 4.58. The van der Waals surface area contributed by atoms with Crippen LogP contribution in [0.25, 0.3) is 21.3 Å². The smallest absolute Gasteiger partial charge is 0.270 e. The van der Waals surface area contributed by atoms with Gasteiger partial charge >= 0.3 is 0 Å². The molecule has 1 saturated heterocycles. The van der Waals surface area contributed by atoms with Crippen LogP contribution in [0.2, 0.25) is 5.02 Å². The number of aryl methyl sites for hydroxylation is 1. The number of thiophene rings is 1. The maximum Gasteiger partial charge on any atom is 0.270 e. The van der Waals surface area contributed by atoms with Gasteiger partial charge in [-0.25, -0.2) is 4.98 Å². The minimum atomic E-state index is -0.184. The Morgan fingerprint density at radius 3 is 2.82 bits per heavy atom. The number of carbonyl (C=O) groups is 1. The van der Waals surface area contributed by atoms with E-state index in [1.54, 1.807) is 0 Å². The standard InChI is InChI=1S/C26H25ClN4O2S/c1-16-8-10-17(11-9-16)20-15-34-23-22(20)29-26(30-25(23)33)31-12-4-6-19(14-31)24(32)28-13-18-5-2-3-7-21(18)27/h2-3,5,7-11,15,19H,4,6,12-14H2,1H3,(H,28,32)(H,29,30,33). The molecule has 0 aliphatic carbocycles. The molecule has 1 aliphatic heterocycles. The number of nitrogens with one attached hydrogen (secondary N) is 2. The van der Waals surface area contributed by atoms with E-state index in [4.69, 9.17) is 16.6 Å².